The fraction of sp³-hybridized carbons (Fsp3) is 0.267. The Labute approximate surface area is 219 Å². The second-order valence-corrected chi connectivity index (χ2v) is 9.93. The van der Waals surface area contributed by atoms with Crippen LogP contribution in [0.15, 0.2) is 75.8 Å². The fourth-order valence-corrected chi connectivity index (χ4v) is 4.86. The zero-order chi connectivity index (χ0) is 27.3. The van der Waals surface area contributed by atoms with Gasteiger partial charge in [0.2, 0.25) is 0 Å². The van der Waals surface area contributed by atoms with Gasteiger partial charge in [-0.05, 0) is 42.7 Å². The molecule has 1 N–H and O–H groups in total. The molecule has 0 spiro atoms. The van der Waals surface area contributed by atoms with Crippen molar-refractivity contribution < 1.29 is 13.9 Å². The number of aryl methyl sites for hydroxylation is 2. The molecule has 4 aromatic rings. The molecule has 38 heavy (non-hydrogen) atoms. The van der Waals surface area contributed by atoms with E-state index in [0.717, 1.165) is 11.3 Å². The number of ether oxygens (including phenoxy) is 2. The Morgan fingerprint density at radius 2 is 1.74 bits per heavy atom. The van der Waals surface area contributed by atoms with E-state index < -0.39 is 5.82 Å². The Balaban J connectivity index is 1.75. The van der Waals surface area contributed by atoms with E-state index in [1.165, 1.54) is 34.4 Å². The quantitative estimate of drug-likeness (QED) is 0.379. The van der Waals surface area contributed by atoms with E-state index in [1.54, 1.807) is 38.6 Å². The molecule has 3 aromatic heterocycles. The standard InChI is InChI=1S/C30H30FN3O4/c1-16-7-8-17(2)29(18(16)3)38-26-15-33(4)27(35)13-20(26)23-14-34(5)30(36)28-21(23)12-25(32-28)22-11-19(37-6)9-10-24(22)31/h7-16,18,32H,1-6H3. The first-order valence-electron chi connectivity index (χ1n) is 12.4. The molecule has 196 valence electrons. The van der Waals surface area contributed by atoms with Crippen molar-refractivity contribution in [3.8, 4) is 33.9 Å². The third kappa shape index (κ3) is 4.26. The van der Waals surface area contributed by atoms with Crippen molar-refractivity contribution in [2.45, 2.75) is 20.8 Å². The average molecular weight is 516 g/mol. The maximum absolute atomic E-state index is 14.8. The lowest BCUT2D eigenvalue weighted by atomic mass is 9.87. The number of H-pyrrole nitrogens is 1. The molecule has 1 aromatic carbocycles. The van der Waals surface area contributed by atoms with Gasteiger partial charge in [0.1, 0.15) is 22.8 Å². The van der Waals surface area contributed by atoms with Crippen molar-refractivity contribution in [2.24, 2.45) is 25.9 Å². The van der Waals surface area contributed by atoms with Crippen LogP contribution in [0.25, 0.3) is 33.3 Å². The highest BCUT2D eigenvalue weighted by Crippen LogP contribution is 2.39. The first-order valence-corrected chi connectivity index (χ1v) is 12.4. The van der Waals surface area contributed by atoms with Gasteiger partial charge < -0.3 is 23.6 Å². The molecule has 8 heteroatoms. The van der Waals surface area contributed by atoms with Gasteiger partial charge in [0, 0.05) is 60.0 Å². The minimum absolute atomic E-state index is 0.139. The van der Waals surface area contributed by atoms with Gasteiger partial charge in [-0.1, -0.05) is 26.0 Å². The number of nitrogens with zero attached hydrogens (tertiary/aromatic N) is 2. The molecule has 0 saturated carbocycles. The predicted octanol–water partition coefficient (Wildman–Crippen LogP) is 5.54. The van der Waals surface area contributed by atoms with Gasteiger partial charge in [-0.3, -0.25) is 9.59 Å². The Kier molecular flexibility index (Phi) is 6.34. The van der Waals surface area contributed by atoms with Crippen LogP contribution in [0, 0.1) is 17.7 Å². The molecule has 0 aliphatic heterocycles. The largest absolute Gasteiger partial charge is 0.497 e. The summed E-state index contributed by atoms with van der Waals surface area (Å²) in [5, 5.41) is 0.555. The highest BCUT2D eigenvalue weighted by atomic mass is 19.1. The van der Waals surface area contributed by atoms with Crippen molar-refractivity contribution in [3.05, 3.63) is 92.7 Å². The Hall–Kier alpha value is -4.33. The van der Waals surface area contributed by atoms with Gasteiger partial charge >= 0.3 is 0 Å². The summed E-state index contributed by atoms with van der Waals surface area (Å²) < 4.78 is 29.5. The van der Waals surface area contributed by atoms with E-state index in [1.807, 2.05) is 13.0 Å². The molecule has 1 aliphatic rings. The van der Waals surface area contributed by atoms with Gasteiger partial charge in [-0.2, -0.15) is 0 Å². The summed E-state index contributed by atoms with van der Waals surface area (Å²) in [7, 11) is 4.82. The molecule has 0 amide bonds. The molecule has 0 fully saturated rings. The van der Waals surface area contributed by atoms with E-state index in [-0.39, 0.29) is 22.6 Å². The zero-order valence-electron chi connectivity index (χ0n) is 22.3. The van der Waals surface area contributed by atoms with Gasteiger partial charge in [0.05, 0.1) is 13.3 Å². The highest BCUT2D eigenvalue weighted by molar-refractivity contribution is 5.98. The summed E-state index contributed by atoms with van der Waals surface area (Å²) in [6.45, 7) is 6.25. The summed E-state index contributed by atoms with van der Waals surface area (Å²) in [6.07, 6.45) is 7.55. The predicted molar refractivity (Wildman–Crippen MR) is 147 cm³/mol. The summed E-state index contributed by atoms with van der Waals surface area (Å²) in [4.78, 5) is 29.0. The number of rotatable bonds is 5. The summed E-state index contributed by atoms with van der Waals surface area (Å²) in [5.74, 6) is 1.78. The number of benzene rings is 1. The lowest BCUT2D eigenvalue weighted by molar-refractivity contribution is 0.315. The minimum Gasteiger partial charge on any atom is -0.497 e. The molecular formula is C30H30FN3O4. The topological polar surface area (TPSA) is 78.2 Å². The number of pyridine rings is 2. The third-order valence-corrected chi connectivity index (χ3v) is 7.37. The van der Waals surface area contributed by atoms with Gasteiger partial charge in [-0.15, -0.1) is 0 Å². The van der Waals surface area contributed by atoms with E-state index in [2.05, 4.69) is 24.9 Å². The smallest absolute Gasteiger partial charge is 0.274 e. The van der Waals surface area contributed by atoms with Crippen LogP contribution in [-0.2, 0) is 14.1 Å². The number of allylic oxidation sites excluding steroid dienone is 4. The van der Waals surface area contributed by atoms with Crippen LogP contribution in [0.2, 0.25) is 0 Å². The van der Waals surface area contributed by atoms with Crippen LogP contribution in [0.1, 0.15) is 20.8 Å². The number of halogens is 1. The van der Waals surface area contributed by atoms with Crippen LogP contribution in [0.4, 0.5) is 4.39 Å². The third-order valence-electron chi connectivity index (χ3n) is 7.37. The van der Waals surface area contributed by atoms with Crippen LogP contribution >= 0.6 is 0 Å². The fourth-order valence-electron chi connectivity index (χ4n) is 4.86. The molecule has 2 unspecified atom stereocenters. The molecule has 1 aliphatic carbocycles. The number of nitrogens with one attached hydrogen (secondary N) is 1. The number of methoxy groups -OCH3 is 1. The van der Waals surface area contributed by atoms with Crippen molar-refractivity contribution in [3.63, 3.8) is 0 Å². The number of hydrogen-bond donors (Lipinski definition) is 1. The summed E-state index contributed by atoms with van der Waals surface area (Å²) >= 11 is 0. The Morgan fingerprint density at radius 1 is 0.974 bits per heavy atom. The zero-order valence-corrected chi connectivity index (χ0v) is 22.3. The first kappa shape index (κ1) is 25.3. The Bertz CT molecular complexity index is 1760. The molecule has 2 atom stereocenters. The van der Waals surface area contributed by atoms with E-state index >= 15 is 0 Å². The second kappa shape index (κ2) is 9.52. The number of fused-ring (bicyclic) bond motifs is 1. The van der Waals surface area contributed by atoms with Crippen LogP contribution in [0.3, 0.4) is 0 Å². The SMILES string of the molecule is COc1ccc(F)c(-c2cc3c(-c4cc(=O)n(C)cc4OC4=C(C)C=CC(C)C4C)cn(C)c(=O)c3[nH]2)c1. The maximum Gasteiger partial charge on any atom is 0.274 e. The summed E-state index contributed by atoms with van der Waals surface area (Å²) in [6, 6.07) is 7.67. The number of hydrogen-bond acceptors (Lipinski definition) is 4. The van der Waals surface area contributed by atoms with Crippen molar-refractivity contribution >= 4 is 10.9 Å². The lowest BCUT2D eigenvalue weighted by Gasteiger charge is -2.27. The molecular weight excluding hydrogens is 485 g/mol. The molecule has 5 rings (SSSR count). The van der Waals surface area contributed by atoms with E-state index in [0.29, 0.717) is 45.1 Å². The van der Waals surface area contributed by atoms with Crippen molar-refractivity contribution in [1.82, 2.24) is 14.1 Å². The molecule has 3 heterocycles. The lowest BCUT2D eigenvalue weighted by Crippen LogP contribution is -2.21. The van der Waals surface area contributed by atoms with E-state index in [4.69, 9.17) is 9.47 Å². The van der Waals surface area contributed by atoms with Gasteiger partial charge in [0.25, 0.3) is 11.1 Å². The molecule has 7 nitrogen and oxygen atoms in total. The minimum atomic E-state index is -0.454. The number of aromatic nitrogens is 3. The van der Waals surface area contributed by atoms with Crippen LogP contribution in [0.5, 0.6) is 11.5 Å². The average Bonchev–Trinajstić information content (AvgIpc) is 3.34. The van der Waals surface area contributed by atoms with Gasteiger partial charge in [0.15, 0.2) is 5.75 Å². The van der Waals surface area contributed by atoms with Gasteiger partial charge in [-0.25, -0.2) is 4.39 Å². The van der Waals surface area contributed by atoms with Crippen LogP contribution < -0.4 is 20.6 Å². The first-order chi connectivity index (χ1) is 18.1. The number of aromatic amines is 1. The van der Waals surface area contributed by atoms with Crippen molar-refractivity contribution in [2.75, 3.05) is 7.11 Å². The second-order valence-electron chi connectivity index (χ2n) is 9.93. The monoisotopic (exact) mass is 515 g/mol. The Morgan fingerprint density at radius 3 is 2.47 bits per heavy atom. The van der Waals surface area contributed by atoms with Crippen molar-refractivity contribution in [1.29, 1.82) is 0 Å². The van der Waals surface area contributed by atoms with E-state index in [9.17, 15) is 14.0 Å². The van der Waals surface area contributed by atoms with Crippen LogP contribution in [-0.4, -0.2) is 21.2 Å². The normalized spacial score (nSPS) is 17.3. The molecule has 0 saturated heterocycles. The highest BCUT2D eigenvalue weighted by Gasteiger charge is 2.25. The maximum atomic E-state index is 14.8. The summed E-state index contributed by atoms with van der Waals surface area (Å²) in [5.41, 5.74) is 2.66. The molecule has 0 radical (unpaired) electrons. The molecule has 0 bridgehead atoms.